The number of hydrogen-bond acceptors (Lipinski definition) is 4. The fourth-order valence-corrected chi connectivity index (χ4v) is 2.82. The second-order valence-corrected chi connectivity index (χ2v) is 7.16. The first kappa shape index (κ1) is 23.1. The quantitative estimate of drug-likeness (QED) is 0.666. The highest BCUT2D eigenvalue weighted by Gasteiger charge is 2.23. The van der Waals surface area contributed by atoms with Gasteiger partial charge in [-0.1, -0.05) is 19.1 Å². The Morgan fingerprint density at radius 2 is 1.77 bits per heavy atom. The Bertz CT molecular complexity index is 912. The molecule has 0 aliphatic heterocycles. The third-order valence-corrected chi connectivity index (χ3v) is 5.04. The summed E-state index contributed by atoms with van der Waals surface area (Å²) in [6, 6.07) is 10.2. The van der Waals surface area contributed by atoms with Crippen LogP contribution < -0.4 is 5.32 Å². The van der Waals surface area contributed by atoms with Gasteiger partial charge in [0.2, 0.25) is 5.91 Å². The molecular formula is C23H27FN2O4. The monoisotopic (exact) mass is 414 g/mol. The molecular weight excluding hydrogens is 387 g/mol. The second kappa shape index (κ2) is 10.5. The van der Waals surface area contributed by atoms with Gasteiger partial charge in [0.05, 0.1) is 5.56 Å². The summed E-state index contributed by atoms with van der Waals surface area (Å²) in [5, 5.41) is 2.84. The number of ether oxygens (including phenoxy) is 1. The van der Waals surface area contributed by atoms with Crippen LogP contribution in [0.5, 0.6) is 0 Å². The molecule has 0 radical (unpaired) electrons. The van der Waals surface area contributed by atoms with Crippen molar-refractivity contribution in [2.24, 2.45) is 0 Å². The van der Waals surface area contributed by atoms with Gasteiger partial charge in [-0.15, -0.1) is 0 Å². The number of nitrogens with zero attached hydrogens (tertiary/aromatic N) is 1. The molecule has 6 nitrogen and oxygen atoms in total. The van der Waals surface area contributed by atoms with Crippen molar-refractivity contribution in [3.8, 4) is 0 Å². The van der Waals surface area contributed by atoms with Crippen LogP contribution in [-0.4, -0.2) is 41.9 Å². The maximum Gasteiger partial charge on any atom is 0.338 e. The highest BCUT2D eigenvalue weighted by Crippen LogP contribution is 2.18. The Hall–Kier alpha value is -3.22. The average molecular weight is 414 g/mol. The van der Waals surface area contributed by atoms with Crippen LogP contribution in [0.15, 0.2) is 42.5 Å². The summed E-state index contributed by atoms with van der Waals surface area (Å²) < 4.78 is 18.0. The summed E-state index contributed by atoms with van der Waals surface area (Å²) in [6.45, 7) is 6.93. The van der Waals surface area contributed by atoms with Gasteiger partial charge in [-0.2, -0.15) is 0 Å². The number of aryl methyl sites for hydroxylation is 1. The van der Waals surface area contributed by atoms with Gasteiger partial charge in [0.15, 0.2) is 6.61 Å². The molecule has 1 N–H and O–H groups in total. The lowest BCUT2D eigenvalue weighted by Gasteiger charge is -2.28. The van der Waals surface area contributed by atoms with Crippen LogP contribution >= 0.6 is 0 Å². The fourth-order valence-electron chi connectivity index (χ4n) is 2.82. The normalized spacial score (nSPS) is 11.5. The van der Waals surface area contributed by atoms with Crippen molar-refractivity contribution in [2.45, 2.75) is 40.2 Å². The van der Waals surface area contributed by atoms with Crippen molar-refractivity contribution >= 4 is 23.5 Å². The van der Waals surface area contributed by atoms with Crippen LogP contribution in [-0.2, 0) is 14.3 Å². The molecule has 0 heterocycles. The first-order chi connectivity index (χ1) is 14.2. The Kier molecular flexibility index (Phi) is 8.09. The van der Waals surface area contributed by atoms with Crippen molar-refractivity contribution in [1.29, 1.82) is 0 Å². The van der Waals surface area contributed by atoms with E-state index in [1.165, 1.54) is 17.0 Å². The van der Waals surface area contributed by atoms with Crippen LogP contribution in [0.4, 0.5) is 10.1 Å². The van der Waals surface area contributed by atoms with Gasteiger partial charge in [-0.05, 0) is 68.7 Å². The van der Waals surface area contributed by atoms with Crippen LogP contribution in [0.3, 0.4) is 0 Å². The largest absolute Gasteiger partial charge is 0.452 e. The molecule has 2 rings (SSSR count). The topological polar surface area (TPSA) is 75.7 Å². The van der Waals surface area contributed by atoms with Crippen molar-refractivity contribution in [2.75, 3.05) is 18.5 Å². The lowest BCUT2D eigenvalue weighted by atomic mass is 10.1. The molecule has 160 valence electrons. The smallest absolute Gasteiger partial charge is 0.338 e. The fraction of sp³-hybridized carbons (Fsp3) is 0.348. The van der Waals surface area contributed by atoms with E-state index < -0.39 is 24.3 Å². The Morgan fingerprint density at radius 1 is 1.10 bits per heavy atom. The number of benzene rings is 2. The molecule has 0 aliphatic carbocycles. The maximum absolute atomic E-state index is 13.0. The van der Waals surface area contributed by atoms with Gasteiger partial charge in [0.1, 0.15) is 12.4 Å². The number of esters is 1. The van der Waals surface area contributed by atoms with Gasteiger partial charge >= 0.3 is 5.97 Å². The van der Waals surface area contributed by atoms with Crippen molar-refractivity contribution in [3.05, 3.63) is 65.0 Å². The van der Waals surface area contributed by atoms with E-state index in [9.17, 15) is 18.8 Å². The van der Waals surface area contributed by atoms with E-state index >= 15 is 0 Å². The first-order valence-electron chi connectivity index (χ1n) is 9.81. The zero-order valence-electron chi connectivity index (χ0n) is 17.7. The van der Waals surface area contributed by atoms with Gasteiger partial charge in [-0.25, -0.2) is 9.18 Å². The van der Waals surface area contributed by atoms with Crippen molar-refractivity contribution < 1.29 is 23.5 Å². The molecule has 0 spiro atoms. The second-order valence-electron chi connectivity index (χ2n) is 7.16. The summed E-state index contributed by atoms with van der Waals surface area (Å²) in [6.07, 6.45) is 0.633. The highest BCUT2D eigenvalue weighted by molar-refractivity contribution is 5.96. The molecule has 2 aromatic carbocycles. The minimum absolute atomic E-state index is 0.145. The predicted molar refractivity (Wildman–Crippen MR) is 113 cm³/mol. The van der Waals surface area contributed by atoms with E-state index in [4.69, 9.17) is 4.74 Å². The van der Waals surface area contributed by atoms with Crippen LogP contribution in [0.1, 0.15) is 41.8 Å². The van der Waals surface area contributed by atoms with E-state index in [0.717, 1.165) is 23.3 Å². The van der Waals surface area contributed by atoms with Gasteiger partial charge < -0.3 is 15.0 Å². The van der Waals surface area contributed by atoms with Gasteiger partial charge in [0.25, 0.3) is 5.91 Å². The van der Waals surface area contributed by atoms with Crippen molar-refractivity contribution in [3.63, 3.8) is 0 Å². The molecule has 2 amide bonds. The van der Waals surface area contributed by atoms with Gasteiger partial charge in [0, 0.05) is 11.7 Å². The van der Waals surface area contributed by atoms with Crippen LogP contribution in [0.2, 0.25) is 0 Å². The van der Waals surface area contributed by atoms with E-state index in [2.05, 4.69) is 5.32 Å². The predicted octanol–water partition coefficient (Wildman–Crippen LogP) is 3.87. The van der Waals surface area contributed by atoms with E-state index in [1.807, 2.05) is 39.8 Å². The van der Waals surface area contributed by atoms with E-state index in [-0.39, 0.29) is 24.1 Å². The Balaban J connectivity index is 2.00. The van der Waals surface area contributed by atoms with Crippen molar-refractivity contribution in [1.82, 2.24) is 4.90 Å². The maximum atomic E-state index is 13.0. The summed E-state index contributed by atoms with van der Waals surface area (Å²) >= 11 is 0. The number of halogens is 1. The highest BCUT2D eigenvalue weighted by atomic mass is 19.1. The zero-order valence-corrected chi connectivity index (χ0v) is 17.7. The lowest BCUT2D eigenvalue weighted by molar-refractivity contribution is -0.139. The molecule has 0 bridgehead atoms. The first-order valence-corrected chi connectivity index (χ1v) is 9.81. The summed E-state index contributed by atoms with van der Waals surface area (Å²) in [5.74, 6) is -2.01. The molecule has 0 aliphatic rings. The molecule has 0 saturated heterocycles. The number of amides is 2. The summed E-state index contributed by atoms with van der Waals surface area (Å²) in [5.41, 5.74) is 2.85. The Labute approximate surface area is 176 Å². The molecule has 0 unspecified atom stereocenters. The summed E-state index contributed by atoms with van der Waals surface area (Å²) in [7, 11) is 0. The third kappa shape index (κ3) is 6.14. The van der Waals surface area contributed by atoms with E-state index in [0.29, 0.717) is 12.1 Å². The minimum atomic E-state index is -0.729. The third-order valence-electron chi connectivity index (χ3n) is 5.04. The Morgan fingerprint density at radius 3 is 2.40 bits per heavy atom. The van der Waals surface area contributed by atoms with Gasteiger partial charge in [-0.3, -0.25) is 9.59 Å². The van der Waals surface area contributed by atoms with Crippen LogP contribution in [0, 0.1) is 19.7 Å². The number of nitrogens with one attached hydrogen (secondary N) is 1. The molecule has 0 aromatic heterocycles. The summed E-state index contributed by atoms with van der Waals surface area (Å²) in [4.78, 5) is 38.7. The SMILES string of the molecule is CC[C@H](C)N(CC(=O)Nc1cccc(C)c1C)C(=O)COC(=O)c1ccc(F)cc1. The standard InChI is InChI=1S/C23H27FN2O4/c1-5-16(3)26(13-21(27)25-20-8-6-7-15(2)17(20)4)22(28)14-30-23(29)18-9-11-19(24)12-10-18/h6-12,16H,5,13-14H2,1-4H3,(H,25,27)/t16-/m0/s1. The minimum Gasteiger partial charge on any atom is -0.452 e. The number of carbonyl (C=O) groups is 3. The molecule has 0 fully saturated rings. The number of rotatable bonds is 8. The molecule has 7 heteroatoms. The van der Waals surface area contributed by atoms with E-state index in [1.54, 1.807) is 6.07 Å². The lowest BCUT2D eigenvalue weighted by Crippen LogP contribution is -2.45. The zero-order chi connectivity index (χ0) is 22.3. The molecule has 30 heavy (non-hydrogen) atoms. The molecule has 1 atom stereocenters. The average Bonchev–Trinajstić information content (AvgIpc) is 2.73. The molecule has 0 saturated carbocycles. The van der Waals surface area contributed by atoms with Crippen LogP contribution in [0.25, 0.3) is 0 Å². The number of hydrogen-bond donors (Lipinski definition) is 1. The number of anilines is 1. The number of carbonyl (C=O) groups excluding carboxylic acids is 3. The molecule has 2 aromatic rings.